The highest BCUT2D eigenvalue weighted by atomic mass is 79.9. The Morgan fingerprint density at radius 3 is 2.53 bits per heavy atom. The largest absolute Gasteiger partial charge is 0.492 e. The van der Waals surface area contributed by atoms with E-state index < -0.39 is 0 Å². The third-order valence-electron chi connectivity index (χ3n) is 3.74. The summed E-state index contributed by atoms with van der Waals surface area (Å²) in [4.78, 5) is 0. The Hall–Kier alpha value is -0.610. The first kappa shape index (κ1) is 12.8. The van der Waals surface area contributed by atoms with Crippen LogP contribution in [0.3, 0.4) is 0 Å². The molecule has 0 radical (unpaired) electrons. The third-order valence-corrected chi connectivity index (χ3v) is 4.73. The van der Waals surface area contributed by atoms with Gasteiger partial charge in [-0.3, -0.25) is 0 Å². The summed E-state index contributed by atoms with van der Waals surface area (Å²) in [7, 11) is 1.48. The van der Waals surface area contributed by atoms with Gasteiger partial charge in [0.25, 0.3) is 0 Å². The summed E-state index contributed by atoms with van der Waals surface area (Å²) in [6, 6.07) is 1.85. The first-order valence-electron chi connectivity index (χ1n) is 5.72. The Morgan fingerprint density at radius 1 is 1.53 bits per heavy atom. The third kappa shape index (κ3) is 1.87. The summed E-state index contributed by atoms with van der Waals surface area (Å²) in [6.07, 6.45) is 1.90. The molecule has 0 saturated heterocycles. The molecule has 1 atom stereocenters. The first-order valence-corrected chi connectivity index (χ1v) is 6.52. The molecule has 1 aliphatic carbocycles. The Labute approximate surface area is 109 Å². The zero-order chi connectivity index (χ0) is 12.8. The van der Waals surface area contributed by atoms with Crippen LogP contribution in [-0.4, -0.2) is 13.2 Å². The molecule has 94 valence electrons. The van der Waals surface area contributed by atoms with Crippen LogP contribution in [0.15, 0.2) is 10.5 Å². The van der Waals surface area contributed by atoms with Crippen molar-refractivity contribution in [3.05, 3.63) is 27.5 Å². The van der Waals surface area contributed by atoms with Gasteiger partial charge in [-0.2, -0.15) is 0 Å². The topological polar surface area (TPSA) is 35.2 Å². The van der Waals surface area contributed by atoms with Crippen molar-refractivity contribution in [2.75, 3.05) is 7.11 Å². The van der Waals surface area contributed by atoms with Crippen LogP contribution in [0.25, 0.3) is 0 Å². The van der Waals surface area contributed by atoms with Crippen molar-refractivity contribution in [1.29, 1.82) is 0 Å². The van der Waals surface area contributed by atoms with Crippen LogP contribution in [-0.2, 0) is 5.41 Å². The fraction of sp³-hybridized carbons (Fsp3) is 0.538. The highest BCUT2D eigenvalue weighted by Gasteiger charge is 2.49. The molecule has 0 bridgehead atoms. The Kier molecular flexibility index (Phi) is 3.21. The van der Waals surface area contributed by atoms with Gasteiger partial charge in [-0.05, 0) is 53.7 Å². The van der Waals surface area contributed by atoms with Gasteiger partial charge >= 0.3 is 0 Å². The first-order chi connectivity index (χ1) is 7.94. The molecule has 17 heavy (non-hydrogen) atoms. The van der Waals surface area contributed by atoms with Crippen molar-refractivity contribution in [3.8, 4) is 5.75 Å². The van der Waals surface area contributed by atoms with Crippen molar-refractivity contribution < 1.29 is 9.13 Å². The van der Waals surface area contributed by atoms with E-state index in [0.29, 0.717) is 10.0 Å². The Bertz CT molecular complexity index is 455. The van der Waals surface area contributed by atoms with Gasteiger partial charge in [-0.25, -0.2) is 4.39 Å². The van der Waals surface area contributed by atoms with E-state index in [1.54, 1.807) is 0 Å². The minimum atomic E-state index is -0.278. The molecule has 1 aromatic carbocycles. The molecule has 4 heteroatoms. The van der Waals surface area contributed by atoms with Gasteiger partial charge in [-0.1, -0.05) is 6.07 Å². The number of halogens is 2. The van der Waals surface area contributed by atoms with Crippen molar-refractivity contribution in [2.45, 2.75) is 38.1 Å². The predicted molar refractivity (Wildman–Crippen MR) is 70.0 cm³/mol. The van der Waals surface area contributed by atoms with E-state index in [1.165, 1.54) is 7.11 Å². The van der Waals surface area contributed by atoms with E-state index in [0.717, 1.165) is 18.4 Å². The predicted octanol–water partition coefficient (Wildman–Crippen LogP) is 3.28. The highest BCUT2D eigenvalue weighted by molar-refractivity contribution is 9.10. The second-order valence-electron chi connectivity index (χ2n) is 4.85. The van der Waals surface area contributed by atoms with Gasteiger partial charge in [0.05, 0.1) is 11.6 Å². The quantitative estimate of drug-likeness (QED) is 0.930. The number of hydrogen-bond acceptors (Lipinski definition) is 2. The second kappa shape index (κ2) is 4.25. The van der Waals surface area contributed by atoms with Gasteiger partial charge in [0.1, 0.15) is 0 Å². The molecule has 0 aromatic heterocycles. The van der Waals surface area contributed by atoms with Gasteiger partial charge in [-0.15, -0.1) is 0 Å². The van der Waals surface area contributed by atoms with Crippen molar-refractivity contribution >= 4 is 15.9 Å². The number of methoxy groups -OCH3 is 1. The normalized spacial score (nSPS) is 18.9. The fourth-order valence-electron chi connectivity index (χ4n) is 2.39. The molecule has 1 saturated carbocycles. The van der Waals surface area contributed by atoms with E-state index in [1.807, 2.05) is 19.9 Å². The van der Waals surface area contributed by atoms with E-state index in [4.69, 9.17) is 10.5 Å². The van der Waals surface area contributed by atoms with Crippen LogP contribution >= 0.6 is 15.9 Å². The van der Waals surface area contributed by atoms with E-state index in [-0.39, 0.29) is 23.0 Å². The van der Waals surface area contributed by atoms with Crippen LogP contribution in [0.1, 0.15) is 30.9 Å². The second-order valence-corrected chi connectivity index (χ2v) is 5.64. The van der Waals surface area contributed by atoms with Gasteiger partial charge < -0.3 is 10.5 Å². The molecule has 0 aliphatic heterocycles. The maximum atomic E-state index is 14.4. The number of nitrogens with two attached hydrogens (primary N) is 1. The molecule has 1 aromatic rings. The maximum Gasteiger partial charge on any atom is 0.170 e. The zero-order valence-electron chi connectivity index (χ0n) is 10.3. The maximum absolute atomic E-state index is 14.4. The minimum Gasteiger partial charge on any atom is -0.492 e. The van der Waals surface area contributed by atoms with E-state index in [9.17, 15) is 4.39 Å². The molecule has 1 aliphatic rings. The number of aryl methyl sites for hydroxylation is 1. The molecule has 0 heterocycles. The van der Waals surface area contributed by atoms with Gasteiger partial charge in [0.15, 0.2) is 11.6 Å². The zero-order valence-corrected chi connectivity index (χ0v) is 11.9. The van der Waals surface area contributed by atoms with Crippen LogP contribution in [0.5, 0.6) is 5.75 Å². The van der Waals surface area contributed by atoms with Crippen LogP contribution in [0.2, 0.25) is 0 Å². The minimum absolute atomic E-state index is 0.0396. The summed E-state index contributed by atoms with van der Waals surface area (Å²) in [6.45, 7) is 3.88. The van der Waals surface area contributed by atoms with E-state index >= 15 is 0 Å². The van der Waals surface area contributed by atoms with E-state index in [2.05, 4.69) is 15.9 Å². The van der Waals surface area contributed by atoms with Gasteiger partial charge in [0, 0.05) is 11.5 Å². The molecular formula is C13H17BrFNO. The summed E-state index contributed by atoms with van der Waals surface area (Å²) < 4.78 is 20.2. The highest BCUT2D eigenvalue weighted by Crippen LogP contribution is 2.53. The lowest BCUT2D eigenvalue weighted by Gasteiger charge is -2.23. The van der Waals surface area contributed by atoms with Crippen LogP contribution in [0, 0.1) is 12.7 Å². The number of rotatable bonds is 3. The molecule has 2 N–H and O–H groups in total. The summed E-state index contributed by atoms with van der Waals surface area (Å²) in [5.74, 6) is 0.00620. The standard InChI is InChI=1S/C13H17BrFNO/c1-7-6-9(13(4-5-13)8(2)16)11(15)12(17-3)10(7)14/h6,8H,4-5,16H2,1-3H3. The number of ether oxygens (including phenoxy) is 1. The smallest absolute Gasteiger partial charge is 0.170 e. The van der Waals surface area contributed by atoms with Crippen molar-refractivity contribution in [1.82, 2.24) is 0 Å². The molecule has 1 fully saturated rings. The van der Waals surface area contributed by atoms with Crippen LogP contribution in [0.4, 0.5) is 4.39 Å². The SMILES string of the molecule is COc1c(F)c(C2(C(C)N)CC2)cc(C)c1Br. The molecule has 1 unspecified atom stereocenters. The number of hydrogen-bond donors (Lipinski definition) is 1. The molecular weight excluding hydrogens is 285 g/mol. The summed E-state index contributed by atoms with van der Waals surface area (Å²) in [5.41, 5.74) is 7.48. The lowest BCUT2D eigenvalue weighted by atomic mass is 9.88. The van der Waals surface area contributed by atoms with Crippen molar-refractivity contribution in [2.24, 2.45) is 5.73 Å². The Morgan fingerprint density at radius 2 is 2.12 bits per heavy atom. The monoisotopic (exact) mass is 301 g/mol. The fourth-order valence-corrected chi connectivity index (χ4v) is 2.84. The summed E-state index contributed by atoms with van der Waals surface area (Å²) >= 11 is 3.35. The van der Waals surface area contributed by atoms with Crippen LogP contribution < -0.4 is 10.5 Å². The average Bonchev–Trinajstić information content (AvgIpc) is 3.05. The molecule has 2 rings (SSSR count). The Balaban J connectivity index is 2.60. The lowest BCUT2D eigenvalue weighted by Crippen LogP contribution is -2.32. The molecule has 2 nitrogen and oxygen atoms in total. The number of benzene rings is 1. The summed E-state index contributed by atoms with van der Waals surface area (Å²) in [5, 5.41) is 0. The van der Waals surface area contributed by atoms with Crippen molar-refractivity contribution in [3.63, 3.8) is 0 Å². The lowest BCUT2D eigenvalue weighted by molar-refractivity contribution is 0.375. The average molecular weight is 302 g/mol. The molecule has 0 amide bonds. The van der Waals surface area contributed by atoms with Gasteiger partial charge in [0.2, 0.25) is 0 Å². The molecule has 0 spiro atoms.